The summed E-state index contributed by atoms with van der Waals surface area (Å²) in [4.78, 5) is 30.2. The van der Waals surface area contributed by atoms with Gasteiger partial charge >= 0.3 is 0 Å². The topological polar surface area (TPSA) is 37.4 Å². The van der Waals surface area contributed by atoms with Crippen molar-refractivity contribution < 1.29 is 9.59 Å². The van der Waals surface area contributed by atoms with Crippen LogP contribution < -0.4 is 0 Å². The largest absolute Gasteiger partial charge is 0.277 e. The van der Waals surface area contributed by atoms with Gasteiger partial charge in [0.1, 0.15) is 0 Å². The SMILES string of the molecule is CC1=CC2SC(c3sc(C)c4c3C(=O)N(C)C4=O)=CC2S1. The van der Waals surface area contributed by atoms with Gasteiger partial charge in [-0.05, 0) is 18.8 Å². The van der Waals surface area contributed by atoms with Gasteiger partial charge in [-0.2, -0.15) is 0 Å². The van der Waals surface area contributed by atoms with Gasteiger partial charge in [0, 0.05) is 27.3 Å². The molecule has 21 heavy (non-hydrogen) atoms. The molecule has 1 aromatic rings. The summed E-state index contributed by atoms with van der Waals surface area (Å²) >= 11 is 5.27. The zero-order valence-electron chi connectivity index (χ0n) is 11.8. The Morgan fingerprint density at radius 2 is 1.67 bits per heavy atom. The van der Waals surface area contributed by atoms with Gasteiger partial charge in [0.25, 0.3) is 11.8 Å². The molecule has 6 heteroatoms. The molecule has 0 aromatic carbocycles. The van der Waals surface area contributed by atoms with Crippen molar-refractivity contribution in [1.29, 1.82) is 0 Å². The van der Waals surface area contributed by atoms with Crippen molar-refractivity contribution >= 4 is 51.6 Å². The van der Waals surface area contributed by atoms with Crippen molar-refractivity contribution in [2.45, 2.75) is 24.3 Å². The van der Waals surface area contributed by atoms with Crippen LogP contribution in [-0.2, 0) is 0 Å². The number of aryl methyl sites for hydroxylation is 1. The maximum Gasteiger partial charge on any atom is 0.262 e. The first kappa shape index (κ1) is 13.7. The highest BCUT2D eigenvalue weighted by molar-refractivity contribution is 8.12. The molecule has 2 unspecified atom stereocenters. The average molecular weight is 335 g/mol. The van der Waals surface area contributed by atoms with Crippen molar-refractivity contribution in [3.63, 3.8) is 0 Å². The molecule has 3 aliphatic heterocycles. The Labute approximate surface area is 135 Å². The Morgan fingerprint density at radius 1 is 1.00 bits per heavy atom. The molecule has 0 bridgehead atoms. The van der Waals surface area contributed by atoms with Gasteiger partial charge in [0.15, 0.2) is 0 Å². The van der Waals surface area contributed by atoms with Gasteiger partial charge in [-0.3, -0.25) is 14.5 Å². The van der Waals surface area contributed by atoms with E-state index >= 15 is 0 Å². The number of imide groups is 1. The van der Waals surface area contributed by atoms with Crippen molar-refractivity contribution in [3.8, 4) is 0 Å². The fraction of sp³-hybridized carbons (Fsp3) is 0.333. The molecule has 4 heterocycles. The van der Waals surface area contributed by atoms with Crippen LogP contribution in [0.15, 0.2) is 17.1 Å². The van der Waals surface area contributed by atoms with Crippen LogP contribution in [0.1, 0.15) is 37.4 Å². The molecule has 2 amide bonds. The first-order chi connectivity index (χ1) is 9.97. The maximum absolute atomic E-state index is 12.4. The maximum atomic E-state index is 12.4. The summed E-state index contributed by atoms with van der Waals surface area (Å²) < 4.78 is 0. The lowest BCUT2D eigenvalue weighted by molar-refractivity contribution is 0.0693. The summed E-state index contributed by atoms with van der Waals surface area (Å²) in [6.45, 7) is 4.07. The molecule has 1 aromatic heterocycles. The van der Waals surface area contributed by atoms with Crippen LogP contribution in [0.4, 0.5) is 0 Å². The van der Waals surface area contributed by atoms with Crippen LogP contribution in [0.2, 0.25) is 0 Å². The van der Waals surface area contributed by atoms with E-state index in [1.807, 2.05) is 30.4 Å². The molecule has 0 saturated carbocycles. The number of carbonyl (C=O) groups is 2. The van der Waals surface area contributed by atoms with Crippen LogP contribution in [0.25, 0.3) is 4.91 Å². The van der Waals surface area contributed by atoms with E-state index in [0.717, 1.165) is 14.7 Å². The third-order valence-corrected chi connectivity index (χ3v) is 7.91. The van der Waals surface area contributed by atoms with E-state index in [9.17, 15) is 9.59 Å². The van der Waals surface area contributed by atoms with E-state index in [2.05, 4.69) is 19.1 Å². The number of thiophene rings is 1. The van der Waals surface area contributed by atoms with Crippen LogP contribution in [0.5, 0.6) is 0 Å². The monoisotopic (exact) mass is 335 g/mol. The van der Waals surface area contributed by atoms with Gasteiger partial charge in [-0.15, -0.1) is 34.9 Å². The predicted molar refractivity (Wildman–Crippen MR) is 90.0 cm³/mol. The minimum atomic E-state index is -0.163. The van der Waals surface area contributed by atoms with Gasteiger partial charge in [-0.25, -0.2) is 0 Å². The highest BCUT2D eigenvalue weighted by Crippen LogP contribution is 2.53. The molecular formula is C15H13NO2S3. The smallest absolute Gasteiger partial charge is 0.262 e. The molecule has 0 spiro atoms. The molecule has 0 radical (unpaired) electrons. The van der Waals surface area contributed by atoms with Gasteiger partial charge < -0.3 is 0 Å². The number of nitrogens with zero attached hydrogens (tertiary/aromatic N) is 1. The normalized spacial score (nSPS) is 27.1. The number of amides is 2. The average Bonchev–Trinajstić information content (AvgIpc) is 3.10. The number of thioether (sulfide) groups is 2. The zero-order chi connectivity index (χ0) is 14.9. The van der Waals surface area contributed by atoms with Gasteiger partial charge in [0.05, 0.1) is 16.0 Å². The van der Waals surface area contributed by atoms with E-state index in [1.165, 1.54) is 9.81 Å². The molecule has 3 aliphatic rings. The van der Waals surface area contributed by atoms with Crippen molar-refractivity contribution in [2.24, 2.45) is 0 Å². The van der Waals surface area contributed by atoms with Crippen LogP contribution >= 0.6 is 34.9 Å². The summed E-state index contributed by atoms with van der Waals surface area (Å²) in [6.07, 6.45) is 4.55. The van der Waals surface area contributed by atoms with E-state index < -0.39 is 0 Å². The Hall–Kier alpha value is -0.980. The van der Waals surface area contributed by atoms with Gasteiger partial charge in [0.2, 0.25) is 0 Å². The number of hydrogen-bond acceptors (Lipinski definition) is 5. The highest BCUT2D eigenvalue weighted by Gasteiger charge is 2.41. The summed E-state index contributed by atoms with van der Waals surface area (Å²) in [5.41, 5.74) is 1.23. The molecular weight excluding hydrogens is 322 g/mol. The predicted octanol–water partition coefficient (Wildman–Crippen LogP) is 3.76. The van der Waals surface area contributed by atoms with E-state index in [1.54, 1.807) is 18.4 Å². The Bertz CT molecular complexity index is 759. The fourth-order valence-corrected chi connectivity index (χ4v) is 7.07. The van der Waals surface area contributed by atoms with E-state index in [-0.39, 0.29) is 11.8 Å². The molecule has 3 nitrogen and oxygen atoms in total. The minimum absolute atomic E-state index is 0.160. The number of rotatable bonds is 1. The lowest BCUT2D eigenvalue weighted by Gasteiger charge is -2.07. The summed E-state index contributed by atoms with van der Waals surface area (Å²) in [5, 5.41) is 0.931. The van der Waals surface area contributed by atoms with Crippen LogP contribution in [0.3, 0.4) is 0 Å². The standard InChI is InChI=1S/C15H13NO2S3/c1-6-4-8-9(19-6)5-10(21-8)13-12-11(7(2)20-13)14(17)16(3)15(12)18/h4-5,8-9H,1-3H3. The van der Waals surface area contributed by atoms with Crippen LogP contribution in [0, 0.1) is 6.92 Å². The summed E-state index contributed by atoms with van der Waals surface area (Å²) in [6, 6.07) is 0. The van der Waals surface area contributed by atoms with Crippen molar-refractivity contribution in [3.05, 3.63) is 37.9 Å². The quantitative estimate of drug-likeness (QED) is 0.732. The highest BCUT2D eigenvalue weighted by atomic mass is 32.2. The third-order valence-electron chi connectivity index (χ3n) is 3.97. The molecule has 4 rings (SSSR count). The first-order valence-corrected chi connectivity index (χ1v) is 9.24. The summed E-state index contributed by atoms with van der Waals surface area (Å²) in [5.74, 6) is -0.323. The molecule has 108 valence electrons. The minimum Gasteiger partial charge on any atom is -0.277 e. The molecule has 0 saturated heterocycles. The molecule has 0 aliphatic carbocycles. The van der Waals surface area contributed by atoms with E-state index in [0.29, 0.717) is 21.6 Å². The Kier molecular flexibility index (Phi) is 2.93. The number of fused-ring (bicyclic) bond motifs is 2. The zero-order valence-corrected chi connectivity index (χ0v) is 14.2. The Morgan fingerprint density at radius 3 is 2.38 bits per heavy atom. The lowest BCUT2D eigenvalue weighted by Crippen LogP contribution is -2.25. The lowest BCUT2D eigenvalue weighted by atomic mass is 10.1. The van der Waals surface area contributed by atoms with E-state index in [4.69, 9.17) is 0 Å². The first-order valence-electron chi connectivity index (χ1n) is 6.67. The second-order valence-corrected chi connectivity index (χ2v) is 9.25. The number of hydrogen-bond donors (Lipinski definition) is 0. The second kappa shape index (κ2) is 4.51. The number of carbonyl (C=O) groups excluding carboxylic acids is 2. The molecule has 2 atom stereocenters. The Balaban J connectivity index is 1.78. The second-order valence-electron chi connectivity index (χ2n) is 5.38. The van der Waals surface area contributed by atoms with Crippen molar-refractivity contribution in [1.82, 2.24) is 4.90 Å². The molecule has 0 N–H and O–H groups in total. The number of allylic oxidation sites excluding steroid dienone is 1. The summed E-state index contributed by atoms with van der Waals surface area (Å²) in [7, 11) is 1.56. The van der Waals surface area contributed by atoms with Crippen molar-refractivity contribution in [2.75, 3.05) is 7.05 Å². The third kappa shape index (κ3) is 1.82. The molecule has 0 fully saturated rings. The van der Waals surface area contributed by atoms with Crippen LogP contribution in [-0.4, -0.2) is 34.3 Å². The fourth-order valence-electron chi connectivity index (χ4n) is 2.95. The van der Waals surface area contributed by atoms with Gasteiger partial charge in [-0.1, -0.05) is 12.2 Å².